The summed E-state index contributed by atoms with van der Waals surface area (Å²) in [5.74, 6) is 0.242. The molecule has 0 spiro atoms. The van der Waals surface area contributed by atoms with Gasteiger partial charge in [0.05, 0.1) is 6.61 Å². The first kappa shape index (κ1) is 12.2. The standard InChI is InChI=1S/C13H21NO/c1-3-14(4-2)10-13(11-15)12-8-6-5-7-9-12/h5-9,13,15H,3-4,10-11H2,1-2H3. The average Bonchev–Trinajstić information content (AvgIpc) is 2.32. The molecular weight excluding hydrogens is 186 g/mol. The molecule has 2 heteroatoms. The van der Waals surface area contributed by atoms with Gasteiger partial charge in [-0.1, -0.05) is 44.2 Å². The molecule has 0 aliphatic carbocycles. The van der Waals surface area contributed by atoms with Crippen LogP contribution in [0.5, 0.6) is 0 Å². The van der Waals surface area contributed by atoms with Gasteiger partial charge in [-0.2, -0.15) is 0 Å². The van der Waals surface area contributed by atoms with Crippen LogP contribution < -0.4 is 0 Å². The van der Waals surface area contributed by atoms with Gasteiger partial charge in [0.25, 0.3) is 0 Å². The van der Waals surface area contributed by atoms with Crippen LogP contribution in [0.25, 0.3) is 0 Å². The van der Waals surface area contributed by atoms with E-state index in [1.165, 1.54) is 5.56 Å². The van der Waals surface area contributed by atoms with E-state index in [4.69, 9.17) is 0 Å². The van der Waals surface area contributed by atoms with Gasteiger partial charge in [0.15, 0.2) is 0 Å². The second-order valence-electron chi connectivity index (χ2n) is 3.78. The van der Waals surface area contributed by atoms with Gasteiger partial charge >= 0.3 is 0 Å². The van der Waals surface area contributed by atoms with Gasteiger partial charge in [-0.05, 0) is 18.7 Å². The minimum Gasteiger partial charge on any atom is -0.396 e. The molecule has 1 aromatic rings. The zero-order valence-corrected chi connectivity index (χ0v) is 9.69. The van der Waals surface area contributed by atoms with Crippen molar-refractivity contribution in [2.75, 3.05) is 26.2 Å². The predicted octanol–water partition coefficient (Wildman–Crippen LogP) is 2.10. The summed E-state index contributed by atoms with van der Waals surface area (Å²) in [5, 5.41) is 9.39. The zero-order valence-electron chi connectivity index (χ0n) is 9.69. The summed E-state index contributed by atoms with van der Waals surface area (Å²) in [6.07, 6.45) is 0. The molecule has 1 atom stereocenters. The Bertz CT molecular complexity index is 256. The van der Waals surface area contributed by atoms with E-state index in [1.54, 1.807) is 0 Å². The highest BCUT2D eigenvalue weighted by Gasteiger charge is 2.12. The number of nitrogens with zero attached hydrogens (tertiary/aromatic N) is 1. The summed E-state index contributed by atoms with van der Waals surface area (Å²) >= 11 is 0. The Morgan fingerprint density at radius 1 is 1.13 bits per heavy atom. The van der Waals surface area contributed by atoms with Crippen molar-refractivity contribution in [1.29, 1.82) is 0 Å². The third kappa shape index (κ3) is 3.65. The molecule has 1 unspecified atom stereocenters. The Morgan fingerprint density at radius 3 is 2.20 bits per heavy atom. The van der Waals surface area contributed by atoms with E-state index >= 15 is 0 Å². The third-order valence-electron chi connectivity index (χ3n) is 2.86. The fourth-order valence-electron chi connectivity index (χ4n) is 1.79. The predicted molar refractivity (Wildman–Crippen MR) is 64.1 cm³/mol. The summed E-state index contributed by atoms with van der Waals surface area (Å²) in [5.41, 5.74) is 1.23. The molecular formula is C13H21NO. The topological polar surface area (TPSA) is 23.5 Å². The third-order valence-corrected chi connectivity index (χ3v) is 2.86. The summed E-state index contributed by atoms with van der Waals surface area (Å²) in [6.45, 7) is 7.56. The molecule has 0 bridgehead atoms. The van der Waals surface area contributed by atoms with Crippen molar-refractivity contribution >= 4 is 0 Å². The first-order valence-electron chi connectivity index (χ1n) is 5.69. The minimum atomic E-state index is 0.223. The average molecular weight is 207 g/mol. The highest BCUT2D eigenvalue weighted by Crippen LogP contribution is 2.16. The molecule has 15 heavy (non-hydrogen) atoms. The van der Waals surface area contributed by atoms with Crippen molar-refractivity contribution in [3.05, 3.63) is 35.9 Å². The van der Waals surface area contributed by atoms with Gasteiger partial charge in [0.1, 0.15) is 0 Å². The van der Waals surface area contributed by atoms with Gasteiger partial charge in [-0.3, -0.25) is 0 Å². The minimum absolute atomic E-state index is 0.223. The Kier molecular flexibility index (Phi) is 5.37. The van der Waals surface area contributed by atoms with Crippen LogP contribution in [0, 0.1) is 0 Å². The summed E-state index contributed by atoms with van der Waals surface area (Å²) in [6, 6.07) is 10.2. The van der Waals surface area contributed by atoms with Crippen molar-refractivity contribution in [3.63, 3.8) is 0 Å². The smallest absolute Gasteiger partial charge is 0.0512 e. The van der Waals surface area contributed by atoms with Crippen LogP contribution in [0.2, 0.25) is 0 Å². The molecule has 0 aliphatic heterocycles. The quantitative estimate of drug-likeness (QED) is 0.772. The zero-order chi connectivity index (χ0) is 11.1. The van der Waals surface area contributed by atoms with Crippen LogP contribution in [0.3, 0.4) is 0 Å². The normalized spacial score (nSPS) is 13.1. The number of hydrogen-bond acceptors (Lipinski definition) is 2. The molecule has 1 N–H and O–H groups in total. The number of hydrogen-bond donors (Lipinski definition) is 1. The monoisotopic (exact) mass is 207 g/mol. The van der Waals surface area contributed by atoms with Crippen LogP contribution in [0.4, 0.5) is 0 Å². The Hall–Kier alpha value is -0.860. The molecule has 1 aromatic carbocycles. The van der Waals surface area contributed by atoms with Crippen LogP contribution in [-0.2, 0) is 0 Å². The van der Waals surface area contributed by atoms with Gasteiger partial charge in [-0.15, -0.1) is 0 Å². The fourth-order valence-corrected chi connectivity index (χ4v) is 1.79. The largest absolute Gasteiger partial charge is 0.396 e. The molecule has 0 amide bonds. The van der Waals surface area contributed by atoms with E-state index in [1.807, 2.05) is 18.2 Å². The molecule has 0 aliphatic rings. The lowest BCUT2D eigenvalue weighted by Gasteiger charge is -2.24. The van der Waals surface area contributed by atoms with E-state index in [2.05, 4.69) is 30.9 Å². The molecule has 1 rings (SSSR count). The van der Waals surface area contributed by atoms with Gasteiger partial charge in [0, 0.05) is 12.5 Å². The maximum atomic E-state index is 9.39. The second kappa shape index (κ2) is 6.59. The number of aliphatic hydroxyl groups is 1. The van der Waals surface area contributed by atoms with E-state index in [9.17, 15) is 5.11 Å². The van der Waals surface area contributed by atoms with E-state index in [0.29, 0.717) is 0 Å². The Balaban J connectivity index is 2.64. The Morgan fingerprint density at radius 2 is 1.73 bits per heavy atom. The molecule has 84 valence electrons. The lowest BCUT2D eigenvalue weighted by molar-refractivity contribution is 0.210. The fraction of sp³-hybridized carbons (Fsp3) is 0.538. The number of benzene rings is 1. The van der Waals surface area contributed by atoms with E-state index in [-0.39, 0.29) is 12.5 Å². The van der Waals surface area contributed by atoms with Crippen molar-refractivity contribution in [2.45, 2.75) is 19.8 Å². The van der Waals surface area contributed by atoms with Gasteiger partial charge < -0.3 is 10.0 Å². The number of likely N-dealkylation sites (N-methyl/N-ethyl adjacent to an activating group) is 1. The van der Waals surface area contributed by atoms with Crippen molar-refractivity contribution in [1.82, 2.24) is 4.90 Å². The van der Waals surface area contributed by atoms with Crippen molar-refractivity contribution < 1.29 is 5.11 Å². The number of aliphatic hydroxyl groups excluding tert-OH is 1. The highest BCUT2D eigenvalue weighted by molar-refractivity contribution is 5.19. The molecule has 0 heterocycles. The highest BCUT2D eigenvalue weighted by atomic mass is 16.3. The van der Waals surface area contributed by atoms with Crippen LogP contribution in [0.1, 0.15) is 25.3 Å². The lowest BCUT2D eigenvalue weighted by atomic mass is 9.99. The molecule has 0 saturated heterocycles. The SMILES string of the molecule is CCN(CC)CC(CO)c1ccccc1. The molecule has 0 saturated carbocycles. The summed E-state index contributed by atoms with van der Waals surface area (Å²) < 4.78 is 0. The maximum Gasteiger partial charge on any atom is 0.0512 e. The van der Waals surface area contributed by atoms with Crippen LogP contribution in [-0.4, -0.2) is 36.2 Å². The van der Waals surface area contributed by atoms with Gasteiger partial charge in [0.2, 0.25) is 0 Å². The summed E-state index contributed by atoms with van der Waals surface area (Å²) in [7, 11) is 0. The van der Waals surface area contributed by atoms with Gasteiger partial charge in [-0.25, -0.2) is 0 Å². The van der Waals surface area contributed by atoms with E-state index in [0.717, 1.165) is 19.6 Å². The molecule has 0 aromatic heterocycles. The van der Waals surface area contributed by atoms with E-state index < -0.39 is 0 Å². The van der Waals surface area contributed by atoms with Crippen molar-refractivity contribution in [2.24, 2.45) is 0 Å². The summed E-state index contributed by atoms with van der Waals surface area (Å²) in [4.78, 5) is 2.34. The second-order valence-corrected chi connectivity index (χ2v) is 3.78. The molecule has 0 fully saturated rings. The maximum absolute atomic E-state index is 9.39. The molecule has 2 nitrogen and oxygen atoms in total. The lowest BCUT2D eigenvalue weighted by Crippen LogP contribution is -2.29. The first-order chi connectivity index (χ1) is 7.31. The Labute approximate surface area is 92.5 Å². The molecule has 0 radical (unpaired) electrons. The van der Waals surface area contributed by atoms with Crippen LogP contribution in [0.15, 0.2) is 30.3 Å². The first-order valence-corrected chi connectivity index (χ1v) is 5.69. The van der Waals surface area contributed by atoms with Crippen molar-refractivity contribution in [3.8, 4) is 0 Å². The van der Waals surface area contributed by atoms with Crippen LogP contribution >= 0.6 is 0 Å². The number of rotatable bonds is 6.